The summed E-state index contributed by atoms with van der Waals surface area (Å²) >= 11 is 0. The standard InChI is InChI=1S/C10H12N4O/c1-2-12-10(15)7-14-8-4-3-5-13-9(8)6-11/h3-5,14H,2,7H2,1H3,(H,12,15). The molecule has 2 N–H and O–H groups in total. The third-order valence-corrected chi connectivity index (χ3v) is 1.73. The molecule has 0 aromatic carbocycles. The van der Waals surface area contributed by atoms with Crippen molar-refractivity contribution >= 4 is 11.6 Å². The van der Waals surface area contributed by atoms with E-state index in [9.17, 15) is 4.79 Å². The molecular formula is C10H12N4O. The zero-order chi connectivity index (χ0) is 11.1. The van der Waals surface area contributed by atoms with Crippen LogP contribution >= 0.6 is 0 Å². The van der Waals surface area contributed by atoms with Gasteiger partial charge in [0.05, 0.1) is 12.2 Å². The van der Waals surface area contributed by atoms with Crippen molar-refractivity contribution in [3.63, 3.8) is 0 Å². The molecular weight excluding hydrogens is 192 g/mol. The van der Waals surface area contributed by atoms with Gasteiger partial charge in [-0.2, -0.15) is 5.26 Å². The number of anilines is 1. The van der Waals surface area contributed by atoms with E-state index < -0.39 is 0 Å². The molecule has 0 spiro atoms. The number of hydrogen-bond acceptors (Lipinski definition) is 4. The van der Waals surface area contributed by atoms with E-state index in [-0.39, 0.29) is 12.5 Å². The summed E-state index contributed by atoms with van der Waals surface area (Å²) in [6.07, 6.45) is 1.54. The fourth-order valence-electron chi connectivity index (χ4n) is 1.07. The molecule has 1 amide bonds. The van der Waals surface area contributed by atoms with Crippen molar-refractivity contribution in [2.45, 2.75) is 6.92 Å². The monoisotopic (exact) mass is 204 g/mol. The molecule has 0 aliphatic rings. The van der Waals surface area contributed by atoms with E-state index >= 15 is 0 Å². The summed E-state index contributed by atoms with van der Waals surface area (Å²) in [7, 11) is 0. The molecule has 5 nitrogen and oxygen atoms in total. The molecule has 1 aromatic rings. The van der Waals surface area contributed by atoms with Crippen LogP contribution in [-0.2, 0) is 4.79 Å². The largest absolute Gasteiger partial charge is 0.374 e. The van der Waals surface area contributed by atoms with Crippen LogP contribution in [0.25, 0.3) is 0 Å². The fourth-order valence-corrected chi connectivity index (χ4v) is 1.07. The van der Waals surface area contributed by atoms with Gasteiger partial charge in [0.25, 0.3) is 0 Å². The van der Waals surface area contributed by atoms with Crippen molar-refractivity contribution in [3.8, 4) is 6.07 Å². The summed E-state index contributed by atoms with van der Waals surface area (Å²) < 4.78 is 0. The average molecular weight is 204 g/mol. The van der Waals surface area contributed by atoms with Gasteiger partial charge in [-0.1, -0.05) is 0 Å². The van der Waals surface area contributed by atoms with Crippen LogP contribution in [0.15, 0.2) is 18.3 Å². The van der Waals surface area contributed by atoms with E-state index in [1.165, 1.54) is 6.20 Å². The number of carbonyl (C=O) groups excluding carboxylic acids is 1. The van der Waals surface area contributed by atoms with E-state index in [1.807, 2.05) is 13.0 Å². The molecule has 1 heterocycles. The van der Waals surface area contributed by atoms with Crippen LogP contribution in [0.1, 0.15) is 12.6 Å². The summed E-state index contributed by atoms with van der Waals surface area (Å²) in [6.45, 7) is 2.59. The van der Waals surface area contributed by atoms with Gasteiger partial charge in [-0.3, -0.25) is 4.79 Å². The van der Waals surface area contributed by atoms with Gasteiger partial charge in [-0.25, -0.2) is 4.98 Å². The second kappa shape index (κ2) is 5.60. The van der Waals surface area contributed by atoms with Gasteiger partial charge in [-0.15, -0.1) is 0 Å². The van der Waals surface area contributed by atoms with Crippen molar-refractivity contribution < 1.29 is 4.79 Å². The van der Waals surface area contributed by atoms with E-state index in [4.69, 9.17) is 5.26 Å². The maximum Gasteiger partial charge on any atom is 0.239 e. The number of carbonyl (C=O) groups is 1. The van der Waals surface area contributed by atoms with Gasteiger partial charge in [0.15, 0.2) is 5.69 Å². The molecule has 0 saturated heterocycles. The maximum absolute atomic E-state index is 11.1. The second-order valence-corrected chi connectivity index (χ2v) is 2.82. The summed E-state index contributed by atoms with van der Waals surface area (Å²) in [4.78, 5) is 15.0. The van der Waals surface area contributed by atoms with Gasteiger partial charge in [0.2, 0.25) is 5.91 Å². The lowest BCUT2D eigenvalue weighted by molar-refractivity contribution is -0.119. The quantitative estimate of drug-likeness (QED) is 0.748. The first-order valence-electron chi connectivity index (χ1n) is 4.63. The number of nitriles is 1. The fraction of sp³-hybridized carbons (Fsp3) is 0.300. The highest BCUT2D eigenvalue weighted by Crippen LogP contribution is 2.09. The third kappa shape index (κ3) is 3.27. The van der Waals surface area contributed by atoms with Crippen molar-refractivity contribution in [1.82, 2.24) is 10.3 Å². The average Bonchev–Trinajstić information content (AvgIpc) is 2.27. The van der Waals surface area contributed by atoms with E-state index in [2.05, 4.69) is 15.6 Å². The lowest BCUT2D eigenvalue weighted by atomic mass is 10.3. The van der Waals surface area contributed by atoms with Crippen molar-refractivity contribution in [1.29, 1.82) is 5.26 Å². The number of nitrogens with zero attached hydrogens (tertiary/aromatic N) is 2. The number of hydrogen-bond donors (Lipinski definition) is 2. The number of likely N-dealkylation sites (N-methyl/N-ethyl adjacent to an activating group) is 1. The van der Waals surface area contributed by atoms with E-state index in [1.54, 1.807) is 12.1 Å². The molecule has 15 heavy (non-hydrogen) atoms. The highest BCUT2D eigenvalue weighted by Gasteiger charge is 2.03. The molecule has 0 radical (unpaired) electrons. The number of nitrogens with one attached hydrogen (secondary N) is 2. The predicted octanol–water partition coefficient (Wildman–Crippen LogP) is 0.501. The summed E-state index contributed by atoms with van der Waals surface area (Å²) in [5, 5.41) is 14.2. The predicted molar refractivity (Wildman–Crippen MR) is 56.1 cm³/mol. The topological polar surface area (TPSA) is 77.8 Å². The molecule has 5 heteroatoms. The molecule has 0 atom stereocenters. The highest BCUT2D eigenvalue weighted by atomic mass is 16.1. The summed E-state index contributed by atoms with van der Waals surface area (Å²) in [5.74, 6) is -0.106. The van der Waals surface area contributed by atoms with Crippen LogP contribution in [-0.4, -0.2) is 24.0 Å². The minimum absolute atomic E-state index is 0.106. The Hall–Kier alpha value is -2.09. The third-order valence-electron chi connectivity index (χ3n) is 1.73. The first-order valence-corrected chi connectivity index (χ1v) is 4.63. The Bertz CT molecular complexity index is 383. The van der Waals surface area contributed by atoms with Crippen LogP contribution < -0.4 is 10.6 Å². The van der Waals surface area contributed by atoms with Crippen LogP contribution in [0.2, 0.25) is 0 Å². The summed E-state index contributed by atoms with van der Waals surface area (Å²) in [6, 6.07) is 5.37. The Kier molecular flexibility index (Phi) is 4.10. The Balaban J connectivity index is 2.58. The van der Waals surface area contributed by atoms with Crippen LogP contribution in [0, 0.1) is 11.3 Å². The van der Waals surface area contributed by atoms with Gasteiger partial charge in [0, 0.05) is 12.7 Å². The number of amides is 1. The normalized spacial score (nSPS) is 9.07. The van der Waals surface area contributed by atoms with E-state index in [0.29, 0.717) is 17.9 Å². The molecule has 0 fully saturated rings. The molecule has 0 saturated carbocycles. The first kappa shape index (κ1) is 11.0. The smallest absolute Gasteiger partial charge is 0.239 e. The Morgan fingerprint density at radius 3 is 3.13 bits per heavy atom. The molecule has 1 aromatic heterocycles. The maximum atomic E-state index is 11.1. The molecule has 0 bridgehead atoms. The first-order chi connectivity index (χ1) is 7.27. The molecule has 78 valence electrons. The van der Waals surface area contributed by atoms with Gasteiger partial charge >= 0.3 is 0 Å². The Morgan fingerprint density at radius 1 is 1.67 bits per heavy atom. The molecule has 0 aliphatic heterocycles. The van der Waals surface area contributed by atoms with Gasteiger partial charge in [0.1, 0.15) is 6.07 Å². The lowest BCUT2D eigenvalue weighted by Gasteiger charge is -2.06. The number of rotatable bonds is 4. The van der Waals surface area contributed by atoms with Crippen LogP contribution in [0.3, 0.4) is 0 Å². The molecule has 1 rings (SSSR count). The number of pyridine rings is 1. The summed E-state index contributed by atoms with van der Waals surface area (Å²) in [5.41, 5.74) is 0.869. The second-order valence-electron chi connectivity index (χ2n) is 2.82. The Labute approximate surface area is 88.1 Å². The highest BCUT2D eigenvalue weighted by molar-refractivity contribution is 5.80. The lowest BCUT2D eigenvalue weighted by Crippen LogP contribution is -2.29. The van der Waals surface area contributed by atoms with Crippen LogP contribution in [0.5, 0.6) is 0 Å². The SMILES string of the molecule is CCNC(=O)CNc1cccnc1C#N. The zero-order valence-electron chi connectivity index (χ0n) is 8.45. The minimum atomic E-state index is -0.106. The van der Waals surface area contributed by atoms with Crippen molar-refractivity contribution in [2.75, 3.05) is 18.4 Å². The van der Waals surface area contributed by atoms with E-state index in [0.717, 1.165) is 0 Å². The van der Waals surface area contributed by atoms with Gasteiger partial charge < -0.3 is 10.6 Å². The Morgan fingerprint density at radius 2 is 2.47 bits per heavy atom. The van der Waals surface area contributed by atoms with Crippen molar-refractivity contribution in [3.05, 3.63) is 24.0 Å². The molecule has 0 unspecified atom stereocenters. The van der Waals surface area contributed by atoms with Gasteiger partial charge in [-0.05, 0) is 19.1 Å². The molecule has 0 aliphatic carbocycles. The van der Waals surface area contributed by atoms with Crippen molar-refractivity contribution in [2.24, 2.45) is 0 Å². The van der Waals surface area contributed by atoms with Crippen LogP contribution in [0.4, 0.5) is 5.69 Å². The number of aromatic nitrogens is 1. The zero-order valence-corrected chi connectivity index (χ0v) is 8.45. The minimum Gasteiger partial charge on any atom is -0.374 e.